The molecule has 6 heteroatoms. The molecule has 0 aliphatic carbocycles. The van der Waals surface area contributed by atoms with Crippen molar-refractivity contribution in [1.29, 1.82) is 0 Å². The molecule has 0 unspecified atom stereocenters. The van der Waals surface area contributed by atoms with Gasteiger partial charge in [-0.25, -0.2) is 17.5 Å². The Morgan fingerprint density at radius 2 is 1.79 bits per heavy atom. The second-order valence-electron chi connectivity index (χ2n) is 4.00. The Balaban J connectivity index is 2.21. The zero-order valence-electron chi connectivity index (χ0n) is 10.0. The van der Waals surface area contributed by atoms with Crippen LogP contribution in [0.3, 0.4) is 0 Å². The summed E-state index contributed by atoms with van der Waals surface area (Å²) in [6, 6.07) is 12.4. The van der Waals surface area contributed by atoms with Crippen LogP contribution in [0.4, 0.5) is 10.1 Å². The summed E-state index contributed by atoms with van der Waals surface area (Å²) in [5.74, 6) is -0.824. The van der Waals surface area contributed by atoms with E-state index < -0.39 is 20.7 Å². The Labute approximate surface area is 111 Å². The summed E-state index contributed by atoms with van der Waals surface area (Å²) < 4.78 is 39.8. The average molecular weight is 280 g/mol. The minimum absolute atomic E-state index is 0.0947. The lowest BCUT2D eigenvalue weighted by Crippen LogP contribution is -2.24. The lowest BCUT2D eigenvalue weighted by molar-refractivity contribution is 0.557. The summed E-state index contributed by atoms with van der Waals surface area (Å²) in [7, 11) is -3.92. The number of anilines is 1. The highest BCUT2D eigenvalue weighted by molar-refractivity contribution is 7.89. The van der Waals surface area contributed by atoms with Gasteiger partial charge in [0.25, 0.3) is 0 Å². The first-order chi connectivity index (χ1) is 8.99. The second kappa shape index (κ2) is 5.38. The molecule has 100 valence electrons. The molecule has 2 aromatic carbocycles. The first-order valence-corrected chi connectivity index (χ1v) is 7.06. The molecule has 3 N–H and O–H groups in total. The number of halogens is 1. The van der Waals surface area contributed by atoms with Gasteiger partial charge in [0.15, 0.2) is 0 Å². The molecule has 19 heavy (non-hydrogen) atoms. The number of nitrogens with two attached hydrogens (primary N) is 1. The van der Waals surface area contributed by atoms with Crippen molar-refractivity contribution < 1.29 is 12.8 Å². The van der Waals surface area contributed by atoms with E-state index in [1.54, 1.807) is 24.3 Å². The number of rotatable bonds is 4. The van der Waals surface area contributed by atoms with E-state index in [1.807, 2.05) is 6.07 Å². The van der Waals surface area contributed by atoms with Gasteiger partial charge in [0.1, 0.15) is 10.7 Å². The molecular formula is C13H13FN2O2S. The van der Waals surface area contributed by atoms with Crippen LogP contribution in [0.25, 0.3) is 0 Å². The van der Waals surface area contributed by atoms with Gasteiger partial charge in [-0.1, -0.05) is 30.3 Å². The fourth-order valence-electron chi connectivity index (χ4n) is 1.58. The minimum atomic E-state index is -3.92. The smallest absolute Gasteiger partial charge is 0.243 e. The maximum absolute atomic E-state index is 13.5. The lowest BCUT2D eigenvalue weighted by atomic mass is 10.2. The third kappa shape index (κ3) is 3.30. The van der Waals surface area contributed by atoms with Crippen molar-refractivity contribution in [2.24, 2.45) is 0 Å². The highest BCUT2D eigenvalue weighted by atomic mass is 32.2. The van der Waals surface area contributed by atoms with Gasteiger partial charge in [-0.3, -0.25) is 0 Å². The van der Waals surface area contributed by atoms with Crippen LogP contribution in [0.5, 0.6) is 0 Å². The zero-order valence-corrected chi connectivity index (χ0v) is 10.8. The Morgan fingerprint density at radius 3 is 2.47 bits per heavy atom. The molecule has 0 saturated carbocycles. The molecule has 0 saturated heterocycles. The molecule has 0 aliphatic heterocycles. The largest absolute Gasteiger partial charge is 0.399 e. The maximum Gasteiger partial charge on any atom is 0.243 e. The predicted molar refractivity (Wildman–Crippen MR) is 71.3 cm³/mol. The van der Waals surface area contributed by atoms with Gasteiger partial charge in [-0.2, -0.15) is 0 Å². The topological polar surface area (TPSA) is 72.2 Å². The molecule has 0 atom stereocenters. The maximum atomic E-state index is 13.5. The lowest BCUT2D eigenvalue weighted by Gasteiger charge is -2.08. The Hall–Kier alpha value is -1.92. The highest BCUT2D eigenvalue weighted by Gasteiger charge is 2.18. The molecule has 0 spiro atoms. The number of sulfonamides is 1. The van der Waals surface area contributed by atoms with Crippen LogP contribution in [0.15, 0.2) is 53.4 Å². The van der Waals surface area contributed by atoms with E-state index in [0.29, 0.717) is 0 Å². The molecule has 0 bridgehead atoms. The van der Waals surface area contributed by atoms with Crippen LogP contribution in [0.1, 0.15) is 5.56 Å². The quantitative estimate of drug-likeness (QED) is 0.840. The molecule has 0 fully saturated rings. The van der Waals surface area contributed by atoms with Crippen LogP contribution in [-0.2, 0) is 16.6 Å². The predicted octanol–water partition coefficient (Wildman–Crippen LogP) is 1.89. The summed E-state index contributed by atoms with van der Waals surface area (Å²) in [6.07, 6.45) is 0. The number of hydrogen-bond acceptors (Lipinski definition) is 3. The van der Waals surface area contributed by atoms with Crippen LogP contribution < -0.4 is 10.5 Å². The fraction of sp³-hybridized carbons (Fsp3) is 0.0769. The molecule has 0 aromatic heterocycles. The first-order valence-electron chi connectivity index (χ1n) is 5.58. The summed E-state index contributed by atoms with van der Waals surface area (Å²) in [5.41, 5.74) is 6.46. The Kier molecular flexibility index (Phi) is 3.82. The van der Waals surface area contributed by atoms with E-state index in [1.165, 1.54) is 6.07 Å². The van der Waals surface area contributed by atoms with Gasteiger partial charge < -0.3 is 5.73 Å². The third-order valence-electron chi connectivity index (χ3n) is 2.55. The summed E-state index contributed by atoms with van der Waals surface area (Å²) in [4.78, 5) is -0.441. The Bertz CT molecular complexity index is 672. The van der Waals surface area contributed by atoms with Crippen LogP contribution in [-0.4, -0.2) is 8.42 Å². The third-order valence-corrected chi connectivity index (χ3v) is 3.97. The van der Waals surface area contributed by atoms with Crippen molar-refractivity contribution in [3.8, 4) is 0 Å². The van der Waals surface area contributed by atoms with Gasteiger partial charge in [-0.05, 0) is 23.8 Å². The van der Waals surface area contributed by atoms with Crippen molar-refractivity contribution in [3.63, 3.8) is 0 Å². The Morgan fingerprint density at radius 1 is 1.11 bits per heavy atom. The second-order valence-corrected chi connectivity index (χ2v) is 5.74. The van der Waals surface area contributed by atoms with E-state index in [9.17, 15) is 12.8 Å². The standard InChI is InChI=1S/C13H13FN2O2S/c14-12-7-6-11(15)8-13(12)19(17,18)16-9-10-4-2-1-3-5-10/h1-8,16H,9,15H2. The van der Waals surface area contributed by atoms with Crippen molar-refractivity contribution >= 4 is 15.7 Å². The monoisotopic (exact) mass is 280 g/mol. The molecule has 4 nitrogen and oxygen atoms in total. The highest BCUT2D eigenvalue weighted by Crippen LogP contribution is 2.17. The van der Waals surface area contributed by atoms with Crippen molar-refractivity contribution in [3.05, 3.63) is 59.9 Å². The van der Waals surface area contributed by atoms with Gasteiger partial charge >= 0.3 is 0 Å². The minimum Gasteiger partial charge on any atom is -0.399 e. The zero-order chi connectivity index (χ0) is 13.9. The van der Waals surface area contributed by atoms with Crippen molar-refractivity contribution in [1.82, 2.24) is 4.72 Å². The number of hydrogen-bond donors (Lipinski definition) is 2. The molecule has 2 rings (SSSR count). The average Bonchev–Trinajstić information content (AvgIpc) is 2.40. The van der Waals surface area contributed by atoms with Crippen LogP contribution in [0, 0.1) is 5.82 Å². The van der Waals surface area contributed by atoms with Crippen LogP contribution in [0.2, 0.25) is 0 Å². The van der Waals surface area contributed by atoms with E-state index in [0.717, 1.165) is 17.7 Å². The molecular weight excluding hydrogens is 267 g/mol. The molecule has 0 aliphatic rings. The van der Waals surface area contributed by atoms with Gasteiger partial charge in [-0.15, -0.1) is 0 Å². The number of nitrogens with one attached hydrogen (secondary N) is 1. The van der Waals surface area contributed by atoms with E-state index in [-0.39, 0.29) is 12.2 Å². The van der Waals surface area contributed by atoms with Crippen molar-refractivity contribution in [2.75, 3.05) is 5.73 Å². The van der Waals surface area contributed by atoms with Gasteiger partial charge in [0, 0.05) is 12.2 Å². The SMILES string of the molecule is Nc1ccc(F)c(S(=O)(=O)NCc2ccccc2)c1. The first kappa shape index (κ1) is 13.5. The molecule has 2 aromatic rings. The van der Waals surface area contributed by atoms with Gasteiger partial charge in [0.2, 0.25) is 10.0 Å². The van der Waals surface area contributed by atoms with E-state index in [4.69, 9.17) is 5.73 Å². The molecule has 0 heterocycles. The summed E-state index contributed by atoms with van der Waals surface area (Å²) in [5, 5.41) is 0. The van der Waals surface area contributed by atoms with Crippen molar-refractivity contribution in [2.45, 2.75) is 11.4 Å². The molecule has 0 radical (unpaired) electrons. The van der Waals surface area contributed by atoms with Crippen LogP contribution >= 0.6 is 0 Å². The fourth-order valence-corrected chi connectivity index (χ4v) is 2.71. The summed E-state index contributed by atoms with van der Waals surface area (Å²) >= 11 is 0. The van der Waals surface area contributed by atoms with Gasteiger partial charge in [0.05, 0.1) is 0 Å². The summed E-state index contributed by atoms with van der Waals surface area (Å²) in [6.45, 7) is 0.0947. The number of nitrogen functional groups attached to an aromatic ring is 1. The molecule has 0 amide bonds. The number of benzene rings is 2. The van der Waals surface area contributed by atoms with E-state index >= 15 is 0 Å². The van der Waals surface area contributed by atoms with E-state index in [2.05, 4.69) is 4.72 Å². The normalized spacial score (nSPS) is 11.4.